The van der Waals surface area contributed by atoms with Crippen LogP contribution < -0.4 is 4.74 Å². The molecule has 0 spiro atoms. The number of phenolic OH excluding ortho intramolecular Hbond substituents is 1. The van der Waals surface area contributed by atoms with Crippen molar-refractivity contribution in [3.63, 3.8) is 0 Å². The van der Waals surface area contributed by atoms with E-state index in [-0.39, 0.29) is 28.9 Å². The van der Waals surface area contributed by atoms with E-state index in [4.69, 9.17) is 9.47 Å². The minimum absolute atomic E-state index is 0.0745. The van der Waals surface area contributed by atoms with Crippen LogP contribution in [0, 0.1) is 5.41 Å². The van der Waals surface area contributed by atoms with Crippen molar-refractivity contribution in [3.8, 4) is 11.5 Å². The molecule has 0 aliphatic carbocycles. The first kappa shape index (κ1) is 22.8. The molecule has 158 valence electrons. The second kappa shape index (κ2) is 9.31. The summed E-state index contributed by atoms with van der Waals surface area (Å²) in [7, 11) is 0. The van der Waals surface area contributed by atoms with Crippen LogP contribution in [0.2, 0.25) is 0 Å². The van der Waals surface area contributed by atoms with Gasteiger partial charge in [0.15, 0.2) is 6.29 Å². The average molecular weight is 400 g/mol. The molecule has 5 nitrogen and oxygen atoms in total. The molecule has 1 N–H and O–H groups in total. The molecular weight excluding hydrogens is 366 g/mol. The Bertz CT molecular complexity index is 805. The Hall–Kier alpha value is -2.53. The maximum atomic E-state index is 11.3. The molecule has 1 aromatic carbocycles. The summed E-state index contributed by atoms with van der Waals surface area (Å²) < 4.78 is 12.0. The van der Waals surface area contributed by atoms with Crippen molar-refractivity contribution in [1.29, 1.82) is 0 Å². The number of allylic oxidation sites excluding steroid dienone is 3. The van der Waals surface area contributed by atoms with Gasteiger partial charge in [0.2, 0.25) is 0 Å². The predicted octanol–water partition coefficient (Wildman–Crippen LogP) is 4.74. The molecule has 0 atom stereocenters. The highest BCUT2D eigenvalue weighted by Crippen LogP contribution is 2.38. The van der Waals surface area contributed by atoms with Crippen LogP contribution >= 0.6 is 0 Å². The number of ether oxygens (including phenoxy) is 2. The number of hydrogen-bond donors (Lipinski definition) is 1. The number of hydrogen-bond acceptors (Lipinski definition) is 5. The number of rotatable bonds is 7. The highest BCUT2D eigenvalue weighted by Gasteiger charge is 2.41. The van der Waals surface area contributed by atoms with Crippen LogP contribution in [0.1, 0.15) is 45.0 Å². The summed E-state index contributed by atoms with van der Waals surface area (Å²) in [6, 6.07) is 4.79. The van der Waals surface area contributed by atoms with Crippen LogP contribution in [0.25, 0.3) is 0 Å². The molecular formula is C24H33NO4. The highest BCUT2D eigenvalue weighted by atomic mass is 16.5. The van der Waals surface area contributed by atoms with Crippen LogP contribution in [0.4, 0.5) is 0 Å². The first-order valence-corrected chi connectivity index (χ1v) is 9.93. The summed E-state index contributed by atoms with van der Waals surface area (Å²) in [6.45, 7) is 17.3. The highest BCUT2D eigenvalue weighted by molar-refractivity contribution is 5.83. The molecule has 0 saturated carbocycles. The maximum Gasteiger partial charge on any atom is 0.157 e. The average Bonchev–Trinajstić information content (AvgIpc) is 2.76. The first-order chi connectivity index (χ1) is 13.6. The third-order valence-electron chi connectivity index (χ3n) is 5.83. The molecule has 0 unspecified atom stereocenters. The smallest absolute Gasteiger partial charge is 0.157 e. The summed E-state index contributed by atoms with van der Waals surface area (Å²) in [4.78, 5) is 13.5. The van der Waals surface area contributed by atoms with Crippen LogP contribution in [0.3, 0.4) is 0 Å². The fraction of sp³-hybridized carbons (Fsp3) is 0.458. The van der Waals surface area contributed by atoms with Gasteiger partial charge >= 0.3 is 0 Å². The normalized spacial score (nSPS) is 19.1. The molecule has 0 bridgehead atoms. The van der Waals surface area contributed by atoms with Crippen LogP contribution in [0.5, 0.6) is 11.5 Å². The van der Waals surface area contributed by atoms with Crippen molar-refractivity contribution in [1.82, 2.24) is 4.90 Å². The van der Waals surface area contributed by atoms with Crippen molar-refractivity contribution in [2.75, 3.05) is 26.3 Å². The molecule has 2 rings (SSSR count). The van der Waals surface area contributed by atoms with Gasteiger partial charge in [-0.2, -0.15) is 0 Å². The molecule has 5 heteroatoms. The second-order valence-electron chi connectivity index (χ2n) is 8.42. The fourth-order valence-electron chi connectivity index (χ4n) is 3.16. The van der Waals surface area contributed by atoms with Gasteiger partial charge < -0.3 is 19.5 Å². The summed E-state index contributed by atoms with van der Waals surface area (Å²) in [6.07, 6.45) is 6.45. The van der Waals surface area contributed by atoms with E-state index in [1.165, 1.54) is 6.07 Å². The molecule has 1 aliphatic rings. The van der Waals surface area contributed by atoms with E-state index in [2.05, 4.69) is 39.2 Å². The second-order valence-corrected chi connectivity index (χ2v) is 8.42. The lowest BCUT2D eigenvalue weighted by Gasteiger charge is -2.41. The molecule has 1 saturated heterocycles. The molecule has 1 heterocycles. The molecule has 0 aromatic heterocycles. The maximum absolute atomic E-state index is 11.3. The van der Waals surface area contributed by atoms with Gasteiger partial charge in [0, 0.05) is 29.8 Å². The zero-order valence-electron chi connectivity index (χ0n) is 18.2. The Morgan fingerprint density at radius 1 is 1.34 bits per heavy atom. The molecule has 29 heavy (non-hydrogen) atoms. The van der Waals surface area contributed by atoms with Crippen LogP contribution in [-0.4, -0.2) is 48.2 Å². The van der Waals surface area contributed by atoms with Crippen LogP contribution in [0.15, 0.2) is 54.3 Å². The third kappa shape index (κ3) is 5.30. The number of benzene rings is 1. The van der Waals surface area contributed by atoms with Gasteiger partial charge in [-0.15, -0.1) is 0 Å². The van der Waals surface area contributed by atoms with E-state index >= 15 is 0 Å². The first-order valence-electron chi connectivity index (χ1n) is 9.93. The monoisotopic (exact) mass is 399 g/mol. The fourth-order valence-corrected chi connectivity index (χ4v) is 3.16. The lowest BCUT2D eigenvalue weighted by molar-refractivity contribution is -0.0798. The minimum Gasteiger partial charge on any atom is -0.507 e. The molecule has 0 amide bonds. The van der Waals surface area contributed by atoms with E-state index in [9.17, 15) is 9.90 Å². The van der Waals surface area contributed by atoms with Gasteiger partial charge in [0.1, 0.15) is 18.1 Å². The van der Waals surface area contributed by atoms with Crippen molar-refractivity contribution in [3.05, 3.63) is 59.8 Å². The summed E-state index contributed by atoms with van der Waals surface area (Å²) >= 11 is 0. The topological polar surface area (TPSA) is 59.0 Å². The number of aromatic hydroxyl groups is 1. The van der Waals surface area contributed by atoms with Crippen molar-refractivity contribution < 1.29 is 19.4 Å². The quantitative estimate of drug-likeness (QED) is 0.530. The SMILES string of the molecule is C=C(/C(=C\C=C/C)COc1cccc(O)c1C=O)N1CCOC(C)(C)C(C)(C)C1. The largest absolute Gasteiger partial charge is 0.507 e. The minimum atomic E-state index is -0.244. The van der Waals surface area contributed by atoms with Gasteiger partial charge in [-0.1, -0.05) is 44.7 Å². The standard InChI is InChI=1S/C24H33NO4/c1-7-8-10-19(16-28-22-12-9-11-21(27)20(22)15-26)18(2)25-13-14-29-24(5,6)23(3,4)17-25/h7-12,15,27H,2,13-14,16-17H2,1,3-6H3/b8-7-,19-10-. The summed E-state index contributed by atoms with van der Waals surface area (Å²) in [5.74, 6) is 0.254. The predicted molar refractivity (Wildman–Crippen MR) is 116 cm³/mol. The van der Waals surface area contributed by atoms with E-state index in [1.807, 2.05) is 25.2 Å². The van der Waals surface area contributed by atoms with Gasteiger partial charge in [0.05, 0.1) is 17.8 Å². The van der Waals surface area contributed by atoms with E-state index in [0.717, 1.165) is 24.4 Å². The zero-order chi connectivity index (χ0) is 21.7. The Labute approximate surface area is 174 Å². The van der Waals surface area contributed by atoms with Gasteiger partial charge in [0.25, 0.3) is 0 Å². The van der Waals surface area contributed by atoms with Gasteiger partial charge in [-0.3, -0.25) is 4.79 Å². The summed E-state index contributed by atoms with van der Waals surface area (Å²) in [5, 5.41) is 9.87. The molecule has 1 aromatic rings. The lowest BCUT2D eigenvalue weighted by Crippen LogP contribution is -2.45. The Balaban J connectivity index is 2.23. The zero-order valence-corrected chi connectivity index (χ0v) is 18.2. The Kier molecular flexibility index (Phi) is 7.31. The number of nitrogens with zero attached hydrogens (tertiary/aromatic N) is 1. The number of carbonyl (C=O) groups is 1. The number of phenols is 1. The summed E-state index contributed by atoms with van der Waals surface area (Å²) in [5.41, 5.74) is 1.60. The Morgan fingerprint density at radius 2 is 2.07 bits per heavy atom. The Morgan fingerprint density at radius 3 is 2.72 bits per heavy atom. The van der Waals surface area contributed by atoms with E-state index < -0.39 is 0 Å². The van der Waals surface area contributed by atoms with Gasteiger partial charge in [-0.05, 0) is 32.9 Å². The van der Waals surface area contributed by atoms with E-state index in [0.29, 0.717) is 18.6 Å². The lowest BCUT2D eigenvalue weighted by atomic mass is 9.76. The van der Waals surface area contributed by atoms with Crippen LogP contribution in [-0.2, 0) is 4.74 Å². The van der Waals surface area contributed by atoms with E-state index in [1.54, 1.807) is 12.1 Å². The molecule has 1 fully saturated rings. The van der Waals surface area contributed by atoms with Crippen molar-refractivity contribution in [2.45, 2.75) is 40.2 Å². The van der Waals surface area contributed by atoms with Crippen molar-refractivity contribution in [2.24, 2.45) is 5.41 Å². The van der Waals surface area contributed by atoms with Gasteiger partial charge in [-0.25, -0.2) is 0 Å². The van der Waals surface area contributed by atoms with Crippen molar-refractivity contribution >= 4 is 6.29 Å². The number of aldehydes is 1. The molecule has 0 radical (unpaired) electrons. The number of carbonyl (C=O) groups excluding carboxylic acids is 1. The third-order valence-corrected chi connectivity index (χ3v) is 5.83. The molecule has 1 aliphatic heterocycles.